The van der Waals surface area contributed by atoms with Crippen LogP contribution in [0.4, 0.5) is 0 Å². The minimum absolute atomic E-state index is 0.308. The third kappa shape index (κ3) is 3.76. The van der Waals surface area contributed by atoms with Crippen LogP contribution in [0.1, 0.15) is 16.1 Å². The molecule has 5 nitrogen and oxygen atoms in total. The van der Waals surface area contributed by atoms with E-state index in [4.69, 9.17) is 23.2 Å². The zero-order valence-electron chi connectivity index (χ0n) is 14.5. The van der Waals surface area contributed by atoms with Gasteiger partial charge in [0.15, 0.2) is 0 Å². The number of rotatable bonds is 4. The number of carbonyl (C=O) groups excluding carboxylic acids is 1. The standard InChI is InChI=1S/C21H14Cl2N4O/c22-15-9-8-14(18(23)10-15)12-24-27-21(28)20-11-19(25-26-20)17-7-3-5-13-4-1-2-6-16(13)17/h1-12H,(H,25,26)(H,27,28)/b24-12+. The van der Waals surface area contributed by atoms with Gasteiger partial charge in [-0.2, -0.15) is 10.2 Å². The van der Waals surface area contributed by atoms with E-state index < -0.39 is 5.91 Å². The van der Waals surface area contributed by atoms with Crippen LogP contribution in [0.2, 0.25) is 10.0 Å². The van der Waals surface area contributed by atoms with E-state index in [1.54, 1.807) is 24.3 Å². The molecular formula is C21H14Cl2N4O. The van der Waals surface area contributed by atoms with Crippen molar-refractivity contribution in [3.05, 3.63) is 88.0 Å². The van der Waals surface area contributed by atoms with Crippen LogP contribution in [-0.2, 0) is 0 Å². The van der Waals surface area contributed by atoms with Crippen molar-refractivity contribution in [2.24, 2.45) is 5.10 Å². The van der Waals surface area contributed by atoms with Crippen LogP contribution in [0.5, 0.6) is 0 Å². The molecule has 0 radical (unpaired) electrons. The summed E-state index contributed by atoms with van der Waals surface area (Å²) in [5, 5.41) is 14.1. The molecule has 0 aliphatic heterocycles. The van der Waals surface area contributed by atoms with Crippen LogP contribution in [0.3, 0.4) is 0 Å². The van der Waals surface area contributed by atoms with Gasteiger partial charge in [-0.25, -0.2) is 5.43 Å². The van der Waals surface area contributed by atoms with E-state index in [2.05, 4.69) is 20.7 Å². The Balaban J connectivity index is 1.52. The number of amides is 1. The Morgan fingerprint density at radius 2 is 1.86 bits per heavy atom. The third-order valence-corrected chi connectivity index (χ3v) is 4.78. The van der Waals surface area contributed by atoms with Crippen LogP contribution >= 0.6 is 23.2 Å². The smallest absolute Gasteiger partial charge is 0.272 e. The van der Waals surface area contributed by atoms with Crippen molar-refractivity contribution in [3.63, 3.8) is 0 Å². The topological polar surface area (TPSA) is 70.1 Å². The summed E-state index contributed by atoms with van der Waals surface area (Å²) >= 11 is 11.9. The van der Waals surface area contributed by atoms with E-state index in [0.717, 1.165) is 16.3 Å². The van der Waals surface area contributed by atoms with Crippen molar-refractivity contribution in [1.82, 2.24) is 15.6 Å². The molecule has 28 heavy (non-hydrogen) atoms. The molecule has 4 rings (SSSR count). The highest BCUT2D eigenvalue weighted by molar-refractivity contribution is 6.36. The SMILES string of the molecule is O=C(N/N=C/c1ccc(Cl)cc1Cl)c1cc(-c2cccc3ccccc23)n[nH]1. The number of hydrogen-bond donors (Lipinski definition) is 2. The van der Waals surface area contributed by atoms with Gasteiger partial charge in [0.2, 0.25) is 0 Å². The van der Waals surface area contributed by atoms with Crippen LogP contribution in [0, 0.1) is 0 Å². The molecule has 0 spiro atoms. The monoisotopic (exact) mass is 408 g/mol. The molecule has 0 saturated heterocycles. The average molecular weight is 409 g/mol. The molecule has 1 aromatic heterocycles. The van der Waals surface area contributed by atoms with Gasteiger partial charge in [0.25, 0.3) is 5.91 Å². The van der Waals surface area contributed by atoms with Gasteiger partial charge < -0.3 is 0 Å². The van der Waals surface area contributed by atoms with Gasteiger partial charge in [-0.05, 0) is 29.0 Å². The van der Waals surface area contributed by atoms with Crippen LogP contribution < -0.4 is 5.43 Å². The number of H-pyrrole nitrogens is 1. The minimum Gasteiger partial charge on any atom is -0.272 e. The van der Waals surface area contributed by atoms with E-state index in [1.165, 1.54) is 6.21 Å². The fourth-order valence-corrected chi connectivity index (χ4v) is 3.31. The summed E-state index contributed by atoms with van der Waals surface area (Å²) in [5.41, 5.74) is 5.05. The maximum Gasteiger partial charge on any atom is 0.289 e. The number of aromatic nitrogens is 2. The highest BCUT2D eigenvalue weighted by atomic mass is 35.5. The predicted octanol–water partition coefficient (Wildman–Crippen LogP) is 5.30. The van der Waals surface area contributed by atoms with E-state index in [0.29, 0.717) is 27.0 Å². The molecule has 138 valence electrons. The first-order chi connectivity index (χ1) is 13.6. The lowest BCUT2D eigenvalue weighted by atomic mass is 10.0. The number of fused-ring (bicyclic) bond motifs is 1. The zero-order chi connectivity index (χ0) is 19.5. The quantitative estimate of drug-likeness (QED) is 0.355. The van der Waals surface area contributed by atoms with Crippen molar-refractivity contribution in [3.8, 4) is 11.3 Å². The molecule has 3 aromatic carbocycles. The summed E-state index contributed by atoms with van der Waals surface area (Å²) in [7, 11) is 0. The summed E-state index contributed by atoms with van der Waals surface area (Å²) < 4.78 is 0. The molecule has 0 saturated carbocycles. The van der Waals surface area contributed by atoms with Crippen LogP contribution in [0.25, 0.3) is 22.0 Å². The van der Waals surface area contributed by atoms with Gasteiger partial charge in [0.05, 0.1) is 16.9 Å². The van der Waals surface area contributed by atoms with Crippen molar-refractivity contribution in [1.29, 1.82) is 0 Å². The molecule has 0 unspecified atom stereocenters. The lowest BCUT2D eigenvalue weighted by Crippen LogP contribution is -2.18. The highest BCUT2D eigenvalue weighted by Crippen LogP contribution is 2.27. The lowest BCUT2D eigenvalue weighted by molar-refractivity contribution is 0.0950. The molecule has 0 bridgehead atoms. The number of carbonyl (C=O) groups is 1. The number of nitrogens with one attached hydrogen (secondary N) is 2. The predicted molar refractivity (Wildman–Crippen MR) is 113 cm³/mol. The Bertz CT molecular complexity index is 1190. The van der Waals surface area contributed by atoms with E-state index in [9.17, 15) is 4.79 Å². The van der Waals surface area contributed by atoms with Crippen molar-refractivity contribution in [2.75, 3.05) is 0 Å². The molecule has 0 fully saturated rings. The number of nitrogens with zero attached hydrogens (tertiary/aromatic N) is 2. The van der Waals surface area contributed by atoms with Gasteiger partial charge in [-0.15, -0.1) is 0 Å². The third-order valence-electron chi connectivity index (χ3n) is 4.22. The lowest BCUT2D eigenvalue weighted by Gasteiger charge is -2.02. The van der Waals surface area contributed by atoms with Crippen LogP contribution in [0.15, 0.2) is 71.8 Å². The molecule has 7 heteroatoms. The Kier molecular flexibility index (Phi) is 5.10. The fraction of sp³-hybridized carbons (Fsp3) is 0. The molecule has 0 atom stereocenters. The number of hydrogen-bond acceptors (Lipinski definition) is 3. The number of hydrazone groups is 1. The summed E-state index contributed by atoms with van der Waals surface area (Å²) in [6.45, 7) is 0. The molecule has 1 amide bonds. The maximum absolute atomic E-state index is 12.3. The minimum atomic E-state index is -0.402. The second-order valence-electron chi connectivity index (χ2n) is 6.06. The number of halogens is 2. The average Bonchev–Trinajstić information content (AvgIpc) is 3.19. The summed E-state index contributed by atoms with van der Waals surface area (Å²) in [5.74, 6) is -0.402. The van der Waals surface area contributed by atoms with E-state index >= 15 is 0 Å². The number of benzene rings is 3. The van der Waals surface area contributed by atoms with E-state index in [1.807, 2.05) is 42.5 Å². The molecule has 4 aromatic rings. The van der Waals surface area contributed by atoms with Gasteiger partial charge in [-0.1, -0.05) is 71.7 Å². The van der Waals surface area contributed by atoms with Crippen molar-refractivity contribution >= 4 is 46.1 Å². The first-order valence-corrected chi connectivity index (χ1v) is 9.19. The molecule has 1 heterocycles. The number of aromatic amines is 1. The molecule has 0 aliphatic rings. The van der Waals surface area contributed by atoms with Crippen LogP contribution in [-0.4, -0.2) is 22.3 Å². The highest BCUT2D eigenvalue weighted by Gasteiger charge is 2.12. The van der Waals surface area contributed by atoms with Crippen molar-refractivity contribution in [2.45, 2.75) is 0 Å². The normalized spacial score (nSPS) is 11.2. The Morgan fingerprint density at radius 3 is 2.71 bits per heavy atom. The van der Waals surface area contributed by atoms with Gasteiger partial charge in [-0.3, -0.25) is 9.89 Å². The maximum atomic E-state index is 12.3. The van der Waals surface area contributed by atoms with E-state index in [-0.39, 0.29) is 0 Å². The Labute approximate surface area is 171 Å². The second-order valence-corrected chi connectivity index (χ2v) is 6.90. The Morgan fingerprint density at radius 1 is 1.04 bits per heavy atom. The fourth-order valence-electron chi connectivity index (χ4n) is 2.85. The van der Waals surface area contributed by atoms with Gasteiger partial charge in [0.1, 0.15) is 5.69 Å². The second kappa shape index (κ2) is 7.84. The van der Waals surface area contributed by atoms with Gasteiger partial charge in [0, 0.05) is 16.1 Å². The first kappa shape index (κ1) is 18.2. The Hall–Kier alpha value is -3.15. The summed E-state index contributed by atoms with van der Waals surface area (Å²) in [6, 6.07) is 20.7. The molecule has 0 aliphatic carbocycles. The van der Waals surface area contributed by atoms with Gasteiger partial charge >= 0.3 is 0 Å². The first-order valence-electron chi connectivity index (χ1n) is 8.44. The molecule has 2 N–H and O–H groups in total. The summed E-state index contributed by atoms with van der Waals surface area (Å²) in [6.07, 6.45) is 1.46. The largest absolute Gasteiger partial charge is 0.289 e. The van der Waals surface area contributed by atoms with Crippen molar-refractivity contribution < 1.29 is 4.79 Å². The summed E-state index contributed by atoms with van der Waals surface area (Å²) in [4.78, 5) is 12.3. The zero-order valence-corrected chi connectivity index (χ0v) is 16.0. The molecular weight excluding hydrogens is 395 g/mol.